The zero-order valence-electron chi connectivity index (χ0n) is 40.9. The predicted octanol–water partition coefficient (Wildman–Crippen LogP) is 15.5. The third-order valence-corrected chi connectivity index (χ3v) is 16.0. The molecule has 69 heavy (non-hydrogen) atoms. The molecule has 0 bridgehead atoms. The van der Waals surface area contributed by atoms with Gasteiger partial charge in [-0.2, -0.15) is 0 Å². The van der Waals surface area contributed by atoms with Gasteiger partial charge in [-0.1, -0.05) is 164 Å². The number of benzene rings is 9. The van der Waals surface area contributed by atoms with Crippen LogP contribution in [0, 0.1) is 6.92 Å². The van der Waals surface area contributed by atoms with Crippen LogP contribution >= 0.6 is 0 Å². The van der Waals surface area contributed by atoms with Crippen molar-refractivity contribution < 1.29 is 0 Å². The van der Waals surface area contributed by atoms with Crippen LogP contribution in [0.3, 0.4) is 0 Å². The van der Waals surface area contributed by atoms with Crippen molar-refractivity contribution in [1.29, 1.82) is 0 Å². The predicted molar refractivity (Wildman–Crippen MR) is 294 cm³/mol. The molecular formula is C65H56BN3. The van der Waals surface area contributed by atoms with Crippen molar-refractivity contribution in [3.05, 3.63) is 228 Å². The lowest BCUT2D eigenvalue weighted by molar-refractivity contribution is 0.590. The molecule has 2 heterocycles. The Morgan fingerprint density at radius 2 is 0.855 bits per heavy atom. The van der Waals surface area contributed by atoms with E-state index in [1.807, 2.05) is 0 Å². The molecule has 3 nitrogen and oxygen atoms in total. The summed E-state index contributed by atoms with van der Waals surface area (Å²) in [7, 11) is 0. The number of anilines is 9. The molecule has 4 aliphatic rings. The van der Waals surface area contributed by atoms with Gasteiger partial charge in [-0.25, -0.2) is 0 Å². The summed E-state index contributed by atoms with van der Waals surface area (Å²) in [6.45, 7) is 18.9. The SMILES string of the molecule is Cc1cc2c3c(c1)N(c1ccc4c(c1)C(C)(C)c1ccccc1-4)c1cc(C(C)(C)C)ccc1B3c1ccc(N(c3ccccc3)c3ccccc3)cc1N2c1ccc2c(c1)C(C)(C)c1ccccc1-2. The van der Waals surface area contributed by atoms with Crippen LogP contribution in [0.15, 0.2) is 194 Å². The van der Waals surface area contributed by atoms with Gasteiger partial charge in [0, 0.05) is 62.0 Å². The van der Waals surface area contributed by atoms with E-state index in [0.29, 0.717) is 0 Å². The number of rotatable bonds is 5. The fourth-order valence-electron chi connectivity index (χ4n) is 12.5. The van der Waals surface area contributed by atoms with Crippen molar-refractivity contribution in [3.8, 4) is 22.3 Å². The molecule has 0 radical (unpaired) electrons. The first-order valence-corrected chi connectivity index (χ1v) is 24.7. The zero-order chi connectivity index (χ0) is 47.1. The van der Waals surface area contributed by atoms with Crippen molar-refractivity contribution in [2.24, 2.45) is 0 Å². The molecule has 4 heteroatoms. The third-order valence-electron chi connectivity index (χ3n) is 16.0. The van der Waals surface area contributed by atoms with E-state index >= 15 is 0 Å². The highest BCUT2D eigenvalue weighted by molar-refractivity contribution is 7.00. The fourth-order valence-corrected chi connectivity index (χ4v) is 12.5. The summed E-state index contributed by atoms with van der Waals surface area (Å²) in [6.07, 6.45) is 0. The smallest absolute Gasteiger partial charge is 0.252 e. The summed E-state index contributed by atoms with van der Waals surface area (Å²) in [5.74, 6) is 0. The van der Waals surface area contributed by atoms with Gasteiger partial charge in [0.15, 0.2) is 0 Å². The van der Waals surface area contributed by atoms with E-state index in [2.05, 4.69) is 264 Å². The second-order valence-corrected chi connectivity index (χ2v) is 21.9. The second-order valence-electron chi connectivity index (χ2n) is 21.9. The van der Waals surface area contributed by atoms with Gasteiger partial charge in [-0.15, -0.1) is 0 Å². The fraction of sp³-hybridized carbons (Fsp3) is 0.169. The first kappa shape index (κ1) is 41.6. The topological polar surface area (TPSA) is 9.72 Å². The molecule has 0 fully saturated rings. The number of hydrogen-bond donors (Lipinski definition) is 0. The van der Waals surface area contributed by atoms with Crippen molar-refractivity contribution >= 4 is 74.3 Å². The molecule has 9 aromatic rings. The molecule has 0 unspecified atom stereocenters. The van der Waals surface area contributed by atoms with Gasteiger partial charge in [-0.05, 0) is 163 Å². The molecule has 0 spiro atoms. The van der Waals surface area contributed by atoms with E-state index in [1.54, 1.807) is 0 Å². The van der Waals surface area contributed by atoms with Crippen LogP contribution in [0.5, 0.6) is 0 Å². The highest BCUT2D eigenvalue weighted by Crippen LogP contribution is 2.54. The first-order valence-electron chi connectivity index (χ1n) is 24.7. The van der Waals surface area contributed by atoms with Crippen molar-refractivity contribution in [2.45, 2.75) is 71.6 Å². The Bertz CT molecular complexity index is 3540. The van der Waals surface area contributed by atoms with Crippen LogP contribution in [0.1, 0.15) is 81.8 Å². The molecule has 0 amide bonds. The Kier molecular flexibility index (Phi) is 8.88. The summed E-state index contributed by atoms with van der Waals surface area (Å²) in [5, 5.41) is 0. The Morgan fingerprint density at radius 3 is 1.36 bits per heavy atom. The van der Waals surface area contributed by atoms with Gasteiger partial charge < -0.3 is 14.7 Å². The molecule has 9 aromatic carbocycles. The molecule has 0 N–H and O–H groups in total. The molecule has 0 aromatic heterocycles. The summed E-state index contributed by atoms with van der Waals surface area (Å²) in [4.78, 5) is 7.61. The molecule has 2 aliphatic heterocycles. The monoisotopic (exact) mass is 889 g/mol. The summed E-state index contributed by atoms with van der Waals surface area (Å²) in [6, 6.07) is 73.6. The van der Waals surface area contributed by atoms with Gasteiger partial charge in [0.05, 0.1) is 0 Å². The van der Waals surface area contributed by atoms with Gasteiger partial charge in [-0.3, -0.25) is 0 Å². The minimum Gasteiger partial charge on any atom is -0.311 e. The second kappa shape index (κ2) is 14.7. The molecule has 334 valence electrons. The highest BCUT2D eigenvalue weighted by Gasteiger charge is 2.45. The Morgan fingerprint density at radius 1 is 0.406 bits per heavy atom. The van der Waals surface area contributed by atoms with Crippen LogP contribution < -0.4 is 31.1 Å². The summed E-state index contributed by atoms with van der Waals surface area (Å²) in [5.41, 5.74) is 27.7. The minimum atomic E-state index is -0.157. The number of nitrogens with zero attached hydrogens (tertiary/aromatic N) is 3. The Balaban J connectivity index is 1.09. The molecule has 13 rings (SSSR count). The standard InChI is InChI=1S/C65H56BN3/c1-41-35-60-62-61(36-41)69(46-29-32-51-49-24-16-18-26-53(49)65(7,8)55(51)39-46)59-40-47(67(43-19-11-9-12-20-43)44-21-13-10-14-22-44)30-34-57(59)66(62)56-33-27-42(63(2,3)4)37-58(56)68(60)45-28-31-50-48-23-15-17-25-52(48)64(5,6)54(50)38-45/h9-40H,1-8H3. The summed E-state index contributed by atoms with van der Waals surface area (Å²) < 4.78 is 0. The minimum absolute atomic E-state index is 0.0108. The van der Waals surface area contributed by atoms with Crippen LogP contribution in [0.25, 0.3) is 22.3 Å². The van der Waals surface area contributed by atoms with E-state index in [9.17, 15) is 0 Å². The molecule has 0 atom stereocenters. The van der Waals surface area contributed by atoms with Crippen molar-refractivity contribution in [1.82, 2.24) is 0 Å². The van der Waals surface area contributed by atoms with Crippen LogP contribution in [-0.4, -0.2) is 6.71 Å². The molecule has 2 aliphatic carbocycles. The Hall–Kier alpha value is -7.56. The number of aryl methyl sites for hydroxylation is 1. The zero-order valence-corrected chi connectivity index (χ0v) is 40.9. The summed E-state index contributed by atoms with van der Waals surface area (Å²) >= 11 is 0. The van der Waals surface area contributed by atoms with Crippen LogP contribution in [0.2, 0.25) is 0 Å². The van der Waals surface area contributed by atoms with E-state index in [1.165, 1.54) is 106 Å². The van der Waals surface area contributed by atoms with Crippen molar-refractivity contribution in [3.63, 3.8) is 0 Å². The maximum Gasteiger partial charge on any atom is 0.252 e. The van der Waals surface area contributed by atoms with Gasteiger partial charge in [0.1, 0.15) is 0 Å². The molecule has 0 saturated carbocycles. The van der Waals surface area contributed by atoms with Crippen molar-refractivity contribution in [2.75, 3.05) is 14.7 Å². The van der Waals surface area contributed by atoms with E-state index in [-0.39, 0.29) is 23.0 Å². The van der Waals surface area contributed by atoms with E-state index in [0.717, 1.165) is 17.1 Å². The van der Waals surface area contributed by atoms with Gasteiger partial charge in [0.25, 0.3) is 6.71 Å². The average molecular weight is 890 g/mol. The van der Waals surface area contributed by atoms with Gasteiger partial charge >= 0.3 is 0 Å². The number of hydrogen-bond acceptors (Lipinski definition) is 3. The molecule has 0 saturated heterocycles. The van der Waals surface area contributed by atoms with E-state index in [4.69, 9.17) is 0 Å². The normalized spacial score (nSPS) is 15.1. The highest BCUT2D eigenvalue weighted by atomic mass is 15.2. The largest absolute Gasteiger partial charge is 0.311 e. The average Bonchev–Trinajstić information content (AvgIpc) is 3.72. The lowest BCUT2D eigenvalue weighted by Crippen LogP contribution is -2.61. The first-order chi connectivity index (χ1) is 33.3. The van der Waals surface area contributed by atoms with Crippen LogP contribution in [0.4, 0.5) is 51.2 Å². The maximum absolute atomic E-state index is 2.61. The number of fused-ring (bicyclic) bond motifs is 10. The Labute approximate surface area is 408 Å². The number of para-hydroxylation sites is 2. The van der Waals surface area contributed by atoms with Gasteiger partial charge in [0.2, 0.25) is 0 Å². The quantitative estimate of drug-likeness (QED) is 0.159. The molecular weight excluding hydrogens is 834 g/mol. The maximum atomic E-state index is 2.61. The van der Waals surface area contributed by atoms with E-state index < -0.39 is 0 Å². The van der Waals surface area contributed by atoms with Crippen LogP contribution in [-0.2, 0) is 16.2 Å². The third kappa shape index (κ3) is 6.07. The lowest BCUT2D eigenvalue weighted by atomic mass is 9.33. The lowest BCUT2D eigenvalue weighted by Gasteiger charge is -2.45.